The van der Waals surface area contributed by atoms with E-state index in [0.717, 1.165) is 5.69 Å². The third kappa shape index (κ3) is 5.20. The van der Waals surface area contributed by atoms with Gasteiger partial charge >= 0.3 is 0 Å². The van der Waals surface area contributed by atoms with Gasteiger partial charge in [-0.3, -0.25) is 0 Å². The van der Waals surface area contributed by atoms with Crippen LogP contribution in [0, 0.1) is 0 Å². The molecule has 0 fully saturated rings. The molecule has 0 saturated heterocycles. The predicted molar refractivity (Wildman–Crippen MR) is 248 cm³/mol. The van der Waals surface area contributed by atoms with Gasteiger partial charge in [-0.1, -0.05) is 152 Å². The molecule has 0 N–H and O–H groups in total. The highest BCUT2D eigenvalue weighted by Gasteiger charge is 2.17. The van der Waals surface area contributed by atoms with E-state index in [2.05, 4.69) is 205 Å². The zero-order chi connectivity index (χ0) is 37.5. The molecular weight excluding hydrogens is 727 g/mol. The molecule has 0 amide bonds. The first-order chi connectivity index (χ1) is 28.2. The third-order valence-corrected chi connectivity index (χ3v) is 14.0. The summed E-state index contributed by atoms with van der Waals surface area (Å²) in [6, 6.07) is 73.9. The average molecular weight is 760 g/mol. The fraction of sp³-hybridized carbons (Fsp3) is 0. The van der Waals surface area contributed by atoms with Crippen molar-refractivity contribution in [1.29, 1.82) is 0 Å². The summed E-state index contributed by atoms with van der Waals surface area (Å²) >= 11 is 3.77. The zero-order valence-electron chi connectivity index (χ0n) is 30.8. The summed E-state index contributed by atoms with van der Waals surface area (Å²) in [5.74, 6) is 0. The molecule has 0 unspecified atom stereocenters. The summed E-state index contributed by atoms with van der Waals surface area (Å²) in [6.45, 7) is 0. The Bertz CT molecular complexity index is 3310. The summed E-state index contributed by atoms with van der Waals surface area (Å²) in [5.41, 5.74) is 13.4. The molecule has 0 atom stereocenters. The highest BCUT2D eigenvalue weighted by Crippen LogP contribution is 2.43. The molecule has 12 aromatic rings. The summed E-state index contributed by atoms with van der Waals surface area (Å²) in [6.07, 6.45) is 0. The van der Waals surface area contributed by atoms with E-state index in [1.54, 1.807) is 0 Å². The SMILES string of the molecule is c1ccc(-n2c3cc(-c4cccc(-c5cccc6c5sc5ccccc56)c4)ccc3c3ccc(-c4cccc(-c5cccc6c5sc5ccccc56)c4)cc32)cc1. The van der Waals surface area contributed by atoms with Gasteiger partial charge in [0.25, 0.3) is 0 Å². The van der Waals surface area contributed by atoms with Crippen molar-refractivity contribution >= 4 is 84.8 Å². The van der Waals surface area contributed by atoms with E-state index in [-0.39, 0.29) is 0 Å². The molecule has 0 aliphatic carbocycles. The Morgan fingerprint density at radius 3 is 1.23 bits per heavy atom. The topological polar surface area (TPSA) is 4.93 Å². The van der Waals surface area contributed by atoms with Crippen LogP contribution in [0.15, 0.2) is 200 Å². The summed E-state index contributed by atoms with van der Waals surface area (Å²) in [7, 11) is 0. The Morgan fingerprint density at radius 1 is 0.281 bits per heavy atom. The highest BCUT2D eigenvalue weighted by atomic mass is 32.1. The second-order valence-corrected chi connectivity index (χ2v) is 17.0. The Hall–Kier alpha value is -6.78. The largest absolute Gasteiger partial charge is 0.309 e. The van der Waals surface area contributed by atoms with Gasteiger partial charge < -0.3 is 4.57 Å². The maximum Gasteiger partial charge on any atom is 0.0547 e. The molecular formula is C54H33NS2. The second-order valence-electron chi connectivity index (χ2n) is 14.9. The van der Waals surface area contributed by atoms with Crippen LogP contribution in [-0.2, 0) is 0 Å². The molecule has 3 heterocycles. The molecule has 0 radical (unpaired) electrons. The highest BCUT2D eigenvalue weighted by molar-refractivity contribution is 7.26. The minimum Gasteiger partial charge on any atom is -0.309 e. The van der Waals surface area contributed by atoms with Crippen LogP contribution in [0.1, 0.15) is 0 Å². The Morgan fingerprint density at radius 2 is 0.702 bits per heavy atom. The lowest BCUT2D eigenvalue weighted by atomic mass is 9.96. The van der Waals surface area contributed by atoms with Crippen molar-refractivity contribution in [3.8, 4) is 50.2 Å². The lowest BCUT2D eigenvalue weighted by Crippen LogP contribution is -1.94. The molecule has 0 saturated carbocycles. The number of benzene rings is 9. The number of hydrogen-bond donors (Lipinski definition) is 0. The van der Waals surface area contributed by atoms with Crippen LogP contribution < -0.4 is 0 Å². The van der Waals surface area contributed by atoms with Gasteiger partial charge in [-0.15, -0.1) is 22.7 Å². The van der Waals surface area contributed by atoms with Crippen LogP contribution in [0.25, 0.3) is 112 Å². The number of fused-ring (bicyclic) bond motifs is 9. The number of thiophene rings is 2. The Kier molecular flexibility index (Phi) is 7.34. The maximum atomic E-state index is 2.45. The fourth-order valence-corrected chi connectivity index (χ4v) is 11.4. The number of aromatic nitrogens is 1. The van der Waals surface area contributed by atoms with Crippen molar-refractivity contribution in [1.82, 2.24) is 4.57 Å². The molecule has 3 aromatic heterocycles. The van der Waals surface area contributed by atoms with Gasteiger partial charge in [-0.2, -0.15) is 0 Å². The quantitative estimate of drug-likeness (QED) is 0.165. The molecule has 9 aromatic carbocycles. The molecule has 1 nitrogen and oxygen atoms in total. The van der Waals surface area contributed by atoms with Crippen molar-refractivity contribution in [3.63, 3.8) is 0 Å². The van der Waals surface area contributed by atoms with Gasteiger partial charge in [0.2, 0.25) is 0 Å². The molecule has 0 spiro atoms. The lowest BCUT2D eigenvalue weighted by Gasteiger charge is -2.11. The summed E-state index contributed by atoms with van der Waals surface area (Å²) in [4.78, 5) is 0. The molecule has 266 valence electrons. The van der Waals surface area contributed by atoms with Crippen molar-refractivity contribution in [3.05, 3.63) is 200 Å². The Balaban J connectivity index is 0.992. The van der Waals surface area contributed by atoms with Crippen LogP contribution in [0.4, 0.5) is 0 Å². The van der Waals surface area contributed by atoms with E-state index in [1.165, 1.54) is 107 Å². The molecule has 3 heteroatoms. The van der Waals surface area contributed by atoms with E-state index < -0.39 is 0 Å². The van der Waals surface area contributed by atoms with Gasteiger partial charge in [-0.25, -0.2) is 0 Å². The van der Waals surface area contributed by atoms with Crippen LogP contribution in [-0.4, -0.2) is 4.57 Å². The molecule has 0 bridgehead atoms. The maximum absolute atomic E-state index is 2.45. The fourth-order valence-electron chi connectivity index (χ4n) is 8.91. The minimum absolute atomic E-state index is 1.15. The lowest BCUT2D eigenvalue weighted by molar-refractivity contribution is 1.18. The van der Waals surface area contributed by atoms with Gasteiger partial charge in [0.05, 0.1) is 11.0 Å². The van der Waals surface area contributed by atoms with Crippen molar-refractivity contribution in [2.45, 2.75) is 0 Å². The zero-order valence-corrected chi connectivity index (χ0v) is 32.4. The Labute approximate surface area is 338 Å². The van der Waals surface area contributed by atoms with E-state index in [4.69, 9.17) is 0 Å². The van der Waals surface area contributed by atoms with Crippen molar-refractivity contribution in [2.24, 2.45) is 0 Å². The van der Waals surface area contributed by atoms with E-state index in [9.17, 15) is 0 Å². The van der Waals surface area contributed by atoms with Crippen LogP contribution in [0.2, 0.25) is 0 Å². The number of para-hydroxylation sites is 1. The van der Waals surface area contributed by atoms with Gasteiger partial charge in [0, 0.05) is 56.8 Å². The summed E-state index contributed by atoms with van der Waals surface area (Å²) in [5, 5.41) is 7.81. The second kappa shape index (κ2) is 12.9. The summed E-state index contributed by atoms with van der Waals surface area (Å²) < 4.78 is 7.79. The third-order valence-electron chi connectivity index (χ3n) is 11.6. The molecule has 57 heavy (non-hydrogen) atoms. The first kappa shape index (κ1) is 32.5. The van der Waals surface area contributed by atoms with Crippen LogP contribution >= 0.6 is 22.7 Å². The monoisotopic (exact) mass is 759 g/mol. The number of hydrogen-bond acceptors (Lipinski definition) is 2. The smallest absolute Gasteiger partial charge is 0.0547 e. The van der Waals surface area contributed by atoms with E-state index in [1.807, 2.05) is 22.7 Å². The first-order valence-corrected chi connectivity index (χ1v) is 21.0. The van der Waals surface area contributed by atoms with Crippen molar-refractivity contribution < 1.29 is 0 Å². The predicted octanol–water partition coefficient (Wildman–Crippen LogP) is 16.2. The van der Waals surface area contributed by atoms with E-state index in [0.29, 0.717) is 0 Å². The van der Waals surface area contributed by atoms with Crippen LogP contribution in [0.5, 0.6) is 0 Å². The van der Waals surface area contributed by atoms with E-state index >= 15 is 0 Å². The molecule has 0 aliphatic rings. The minimum atomic E-state index is 1.15. The van der Waals surface area contributed by atoms with Gasteiger partial charge in [-0.05, 0) is 93.0 Å². The standard InChI is InChI=1S/C54H33NS2/c1-2-16-40(17-3-1)55-49-32-36(34-12-8-14-38(30-34)41-20-10-22-47-45-18-4-6-24-51(45)56-53(41)47)26-28-43(49)44-29-27-37(33-50(44)55)35-13-9-15-39(31-35)42-21-11-23-48-46-19-5-7-25-52(46)57-54(42)48/h1-33H. The molecule has 12 rings (SSSR count). The average Bonchev–Trinajstić information content (AvgIpc) is 3.96. The van der Waals surface area contributed by atoms with Crippen LogP contribution in [0.3, 0.4) is 0 Å². The number of rotatable bonds is 5. The normalized spacial score (nSPS) is 11.9. The first-order valence-electron chi connectivity index (χ1n) is 19.4. The number of nitrogens with zero attached hydrogens (tertiary/aromatic N) is 1. The van der Waals surface area contributed by atoms with Gasteiger partial charge in [0.15, 0.2) is 0 Å². The van der Waals surface area contributed by atoms with Crippen molar-refractivity contribution in [2.75, 3.05) is 0 Å². The molecule has 0 aliphatic heterocycles. The van der Waals surface area contributed by atoms with Gasteiger partial charge in [0.1, 0.15) is 0 Å².